The molecule has 0 atom stereocenters. The first-order valence-electron chi connectivity index (χ1n) is 7.53. The fourth-order valence-corrected chi connectivity index (χ4v) is 2.50. The lowest BCUT2D eigenvalue weighted by atomic mass is 10.2. The predicted octanol–water partition coefficient (Wildman–Crippen LogP) is 2.20. The summed E-state index contributed by atoms with van der Waals surface area (Å²) in [5.74, 6) is 0.142. The highest BCUT2D eigenvalue weighted by Gasteiger charge is 2.16. The summed E-state index contributed by atoms with van der Waals surface area (Å²) >= 11 is 5.34. The molecular formula is C18H20N2O3S. The Morgan fingerprint density at radius 2 is 1.83 bits per heavy atom. The Morgan fingerprint density at radius 3 is 2.50 bits per heavy atom. The molecule has 0 aliphatic carbocycles. The second-order valence-electron chi connectivity index (χ2n) is 5.09. The molecule has 2 rings (SSSR count). The number of hydrogen-bond donors (Lipinski definition) is 2. The van der Waals surface area contributed by atoms with Crippen LogP contribution < -0.4 is 10.1 Å². The van der Waals surface area contributed by atoms with Crippen molar-refractivity contribution in [3.8, 4) is 5.75 Å². The number of amides is 1. The van der Waals surface area contributed by atoms with Crippen LogP contribution in [-0.4, -0.2) is 41.3 Å². The molecule has 6 heteroatoms. The van der Waals surface area contributed by atoms with Gasteiger partial charge in [-0.1, -0.05) is 42.5 Å². The summed E-state index contributed by atoms with van der Waals surface area (Å²) in [7, 11) is 1.51. The topological polar surface area (TPSA) is 61.8 Å². The lowest BCUT2D eigenvalue weighted by Crippen LogP contribution is -2.43. The van der Waals surface area contributed by atoms with Gasteiger partial charge >= 0.3 is 0 Å². The molecule has 0 fully saturated rings. The Kier molecular flexibility index (Phi) is 6.72. The molecule has 0 saturated carbocycles. The van der Waals surface area contributed by atoms with E-state index in [4.69, 9.17) is 17.0 Å². The van der Waals surface area contributed by atoms with Gasteiger partial charge in [0.25, 0.3) is 5.91 Å². The summed E-state index contributed by atoms with van der Waals surface area (Å²) in [4.78, 5) is 14.2. The summed E-state index contributed by atoms with van der Waals surface area (Å²) in [6.07, 6.45) is 0. The van der Waals surface area contributed by atoms with Crippen LogP contribution in [-0.2, 0) is 6.54 Å². The number of carbonyl (C=O) groups is 1. The third-order valence-corrected chi connectivity index (χ3v) is 3.81. The van der Waals surface area contributed by atoms with Crippen LogP contribution in [0.4, 0.5) is 0 Å². The van der Waals surface area contributed by atoms with Crippen LogP contribution in [0.15, 0.2) is 54.6 Å². The van der Waals surface area contributed by atoms with E-state index >= 15 is 0 Å². The van der Waals surface area contributed by atoms with Gasteiger partial charge in [0.05, 0.1) is 19.3 Å². The van der Waals surface area contributed by atoms with E-state index in [2.05, 4.69) is 5.32 Å². The van der Waals surface area contributed by atoms with Gasteiger partial charge in [-0.2, -0.15) is 0 Å². The predicted molar refractivity (Wildman–Crippen MR) is 97.0 cm³/mol. The monoisotopic (exact) mass is 344 g/mol. The lowest BCUT2D eigenvalue weighted by molar-refractivity contribution is 0.0969. The average molecular weight is 344 g/mol. The van der Waals surface area contributed by atoms with E-state index in [1.807, 2.05) is 30.3 Å². The van der Waals surface area contributed by atoms with Gasteiger partial charge in [0, 0.05) is 13.1 Å². The van der Waals surface area contributed by atoms with Crippen molar-refractivity contribution >= 4 is 23.2 Å². The van der Waals surface area contributed by atoms with E-state index in [0.29, 0.717) is 24.4 Å². The zero-order valence-corrected chi connectivity index (χ0v) is 14.3. The Balaban J connectivity index is 2.08. The Labute approximate surface area is 146 Å². The minimum Gasteiger partial charge on any atom is -0.496 e. The highest BCUT2D eigenvalue weighted by Crippen LogP contribution is 2.17. The van der Waals surface area contributed by atoms with E-state index in [1.165, 1.54) is 7.11 Å². The van der Waals surface area contributed by atoms with Crippen molar-refractivity contribution in [1.29, 1.82) is 0 Å². The number of carbonyl (C=O) groups excluding carboxylic acids is 1. The number of ether oxygens (including phenoxy) is 1. The first-order chi connectivity index (χ1) is 11.7. The van der Waals surface area contributed by atoms with E-state index in [-0.39, 0.29) is 17.6 Å². The number of thiocarbonyl (C=S) groups is 1. The Morgan fingerprint density at radius 1 is 1.17 bits per heavy atom. The second-order valence-corrected chi connectivity index (χ2v) is 5.48. The number of nitrogens with zero attached hydrogens (tertiary/aromatic N) is 1. The smallest absolute Gasteiger partial charge is 0.261 e. The van der Waals surface area contributed by atoms with Crippen molar-refractivity contribution in [2.75, 3.05) is 20.3 Å². The second kappa shape index (κ2) is 9.00. The molecular weight excluding hydrogens is 324 g/mol. The Hall–Kier alpha value is -2.44. The maximum absolute atomic E-state index is 12.4. The fourth-order valence-electron chi connectivity index (χ4n) is 2.25. The van der Waals surface area contributed by atoms with Gasteiger partial charge in [0.2, 0.25) is 0 Å². The van der Waals surface area contributed by atoms with Gasteiger partial charge in [-0.3, -0.25) is 10.1 Å². The molecule has 2 aromatic rings. The molecule has 0 radical (unpaired) electrons. The van der Waals surface area contributed by atoms with Crippen LogP contribution in [0.25, 0.3) is 0 Å². The van der Waals surface area contributed by atoms with Gasteiger partial charge in [0.1, 0.15) is 5.75 Å². The number of aliphatic hydroxyl groups excluding tert-OH is 1. The molecule has 0 aliphatic rings. The van der Waals surface area contributed by atoms with Gasteiger partial charge < -0.3 is 14.7 Å². The van der Waals surface area contributed by atoms with Crippen molar-refractivity contribution in [2.24, 2.45) is 0 Å². The van der Waals surface area contributed by atoms with Gasteiger partial charge in [-0.25, -0.2) is 0 Å². The number of nitrogens with one attached hydrogen (secondary N) is 1. The maximum Gasteiger partial charge on any atom is 0.261 e. The van der Waals surface area contributed by atoms with E-state index < -0.39 is 0 Å². The quantitative estimate of drug-likeness (QED) is 0.787. The van der Waals surface area contributed by atoms with Crippen molar-refractivity contribution in [1.82, 2.24) is 10.2 Å². The number of methoxy groups -OCH3 is 1. The summed E-state index contributed by atoms with van der Waals surface area (Å²) in [6.45, 7) is 0.782. The molecule has 0 heterocycles. The molecule has 0 aliphatic heterocycles. The number of rotatable bonds is 6. The molecule has 0 unspecified atom stereocenters. The van der Waals surface area contributed by atoms with Crippen LogP contribution in [0, 0.1) is 0 Å². The number of benzene rings is 2. The standard InChI is InChI=1S/C18H20N2O3S/c1-23-16-10-6-5-9-15(16)17(22)19-18(24)20(11-12-21)13-14-7-3-2-4-8-14/h2-10,21H,11-13H2,1H3,(H,19,22,24). The van der Waals surface area contributed by atoms with Crippen LogP contribution >= 0.6 is 12.2 Å². The molecule has 0 spiro atoms. The third kappa shape index (κ3) is 4.78. The van der Waals surface area contributed by atoms with Gasteiger partial charge in [-0.05, 0) is 29.9 Å². The highest BCUT2D eigenvalue weighted by atomic mass is 32.1. The molecule has 126 valence electrons. The van der Waals surface area contributed by atoms with Gasteiger partial charge in [-0.15, -0.1) is 0 Å². The van der Waals surface area contributed by atoms with E-state index in [9.17, 15) is 9.90 Å². The first-order valence-corrected chi connectivity index (χ1v) is 7.94. The molecule has 2 N–H and O–H groups in total. The maximum atomic E-state index is 12.4. The van der Waals surface area contributed by atoms with Crippen LogP contribution in [0.1, 0.15) is 15.9 Å². The molecule has 24 heavy (non-hydrogen) atoms. The van der Waals surface area contributed by atoms with Crippen LogP contribution in [0.2, 0.25) is 0 Å². The number of para-hydroxylation sites is 1. The number of aliphatic hydroxyl groups is 1. The molecule has 1 amide bonds. The minimum atomic E-state index is -0.339. The zero-order chi connectivity index (χ0) is 17.4. The SMILES string of the molecule is COc1ccccc1C(=O)NC(=S)N(CCO)Cc1ccccc1. The van der Waals surface area contributed by atoms with Crippen LogP contribution in [0.5, 0.6) is 5.75 Å². The molecule has 0 bridgehead atoms. The Bertz CT molecular complexity index is 692. The first kappa shape index (κ1) is 17.9. The van der Waals surface area contributed by atoms with Gasteiger partial charge in [0.15, 0.2) is 5.11 Å². The zero-order valence-electron chi connectivity index (χ0n) is 13.4. The van der Waals surface area contributed by atoms with Crippen molar-refractivity contribution < 1.29 is 14.6 Å². The minimum absolute atomic E-state index is 0.0580. The molecule has 0 saturated heterocycles. The van der Waals surface area contributed by atoms with Crippen molar-refractivity contribution in [2.45, 2.75) is 6.54 Å². The van der Waals surface area contributed by atoms with Crippen molar-refractivity contribution in [3.63, 3.8) is 0 Å². The summed E-state index contributed by atoms with van der Waals surface area (Å²) in [6, 6.07) is 16.7. The summed E-state index contributed by atoms with van der Waals surface area (Å²) < 4.78 is 5.19. The lowest BCUT2D eigenvalue weighted by Gasteiger charge is -2.24. The summed E-state index contributed by atoms with van der Waals surface area (Å²) in [5, 5.41) is 12.2. The highest BCUT2D eigenvalue weighted by molar-refractivity contribution is 7.80. The van der Waals surface area contributed by atoms with E-state index in [0.717, 1.165) is 5.56 Å². The van der Waals surface area contributed by atoms with Crippen LogP contribution in [0.3, 0.4) is 0 Å². The van der Waals surface area contributed by atoms with Crippen molar-refractivity contribution in [3.05, 3.63) is 65.7 Å². The normalized spacial score (nSPS) is 10.1. The average Bonchev–Trinajstić information content (AvgIpc) is 2.62. The molecule has 5 nitrogen and oxygen atoms in total. The fraction of sp³-hybridized carbons (Fsp3) is 0.222. The summed E-state index contributed by atoms with van der Waals surface area (Å²) in [5.41, 5.74) is 1.45. The van der Waals surface area contributed by atoms with E-state index in [1.54, 1.807) is 29.2 Å². The number of hydrogen-bond acceptors (Lipinski definition) is 4. The third-order valence-electron chi connectivity index (χ3n) is 3.45. The largest absolute Gasteiger partial charge is 0.496 e. The molecule has 2 aromatic carbocycles. The molecule has 0 aromatic heterocycles.